The highest BCUT2D eigenvalue weighted by molar-refractivity contribution is 6.33. The maximum atomic E-state index is 11.9. The molecule has 0 saturated carbocycles. The first-order valence-electron chi connectivity index (χ1n) is 5.10. The number of Topliss-reactive ketones (excluding diaryl/α,β-unsaturated/α-hetero) is 1. The molecule has 5 heteroatoms. The summed E-state index contributed by atoms with van der Waals surface area (Å²) < 4.78 is 1.55. The highest BCUT2D eigenvalue weighted by Gasteiger charge is 2.22. The molecule has 0 amide bonds. The topological polar surface area (TPSA) is 46.9 Å². The van der Waals surface area contributed by atoms with E-state index in [1.807, 2.05) is 0 Å². The van der Waals surface area contributed by atoms with Gasteiger partial charge in [-0.3, -0.25) is 9.48 Å². The van der Waals surface area contributed by atoms with Gasteiger partial charge in [-0.2, -0.15) is 5.10 Å². The standard InChI is InChI=1S/C10H14ClN3O/c1-14-10(8(11)6-13-14)9(15)4-7-2-3-12-5-7/h6-7,12H,2-5H2,1H3. The van der Waals surface area contributed by atoms with Gasteiger partial charge in [-0.15, -0.1) is 0 Å². The third kappa shape index (κ3) is 2.21. The SMILES string of the molecule is Cn1ncc(Cl)c1C(=O)CC1CCNC1. The van der Waals surface area contributed by atoms with Crippen molar-refractivity contribution < 1.29 is 4.79 Å². The lowest BCUT2D eigenvalue weighted by Gasteiger charge is -2.07. The normalized spacial score (nSPS) is 20.8. The molecule has 1 N–H and O–H groups in total. The third-order valence-corrected chi connectivity index (χ3v) is 3.07. The van der Waals surface area contributed by atoms with Crippen LogP contribution in [0.3, 0.4) is 0 Å². The number of nitrogens with one attached hydrogen (secondary N) is 1. The van der Waals surface area contributed by atoms with E-state index in [1.54, 1.807) is 11.7 Å². The minimum Gasteiger partial charge on any atom is -0.316 e. The van der Waals surface area contributed by atoms with Gasteiger partial charge in [0.25, 0.3) is 0 Å². The van der Waals surface area contributed by atoms with Crippen molar-refractivity contribution in [3.05, 3.63) is 16.9 Å². The highest BCUT2D eigenvalue weighted by atomic mass is 35.5. The number of hydrogen-bond acceptors (Lipinski definition) is 3. The van der Waals surface area contributed by atoms with Crippen molar-refractivity contribution in [3.63, 3.8) is 0 Å². The molecule has 0 radical (unpaired) electrons. The average molecular weight is 228 g/mol. The number of rotatable bonds is 3. The molecule has 1 aliphatic heterocycles. The van der Waals surface area contributed by atoms with Crippen molar-refractivity contribution in [1.29, 1.82) is 0 Å². The van der Waals surface area contributed by atoms with E-state index < -0.39 is 0 Å². The molecule has 82 valence electrons. The first-order chi connectivity index (χ1) is 7.18. The molecule has 1 atom stereocenters. The maximum absolute atomic E-state index is 11.9. The Morgan fingerprint density at radius 3 is 3.13 bits per heavy atom. The lowest BCUT2D eigenvalue weighted by Crippen LogP contribution is -2.15. The van der Waals surface area contributed by atoms with Crippen molar-refractivity contribution in [2.45, 2.75) is 12.8 Å². The summed E-state index contributed by atoms with van der Waals surface area (Å²) in [6.07, 6.45) is 3.15. The van der Waals surface area contributed by atoms with E-state index in [0.717, 1.165) is 19.5 Å². The summed E-state index contributed by atoms with van der Waals surface area (Å²) in [5.74, 6) is 0.539. The zero-order valence-corrected chi connectivity index (χ0v) is 9.42. The number of nitrogens with zero attached hydrogens (tertiary/aromatic N) is 2. The van der Waals surface area contributed by atoms with Gasteiger partial charge in [0, 0.05) is 13.5 Å². The summed E-state index contributed by atoms with van der Waals surface area (Å²) in [4.78, 5) is 11.9. The van der Waals surface area contributed by atoms with Crippen LogP contribution in [-0.2, 0) is 7.05 Å². The van der Waals surface area contributed by atoms with Gasteiger partial charge in [-0.25, -0.2) is 0 Å². The molecule has 1 aromatic rings. The van der Waals surface area contributed by atoms with Gasteiger partial charge in [0.15, 0.2) is 5.78 Å². The molecule has 1 aliphatic rings. The smallest absolute Gasteiger partial charge is 0.182 e. The Bertz CT molecular complexity index is 349. The number of aromatic nitrogens is 2. The highest BCUT2D eigenvalue weighted by Crippen LogP contribution is 2.20. The van der Waals surface area contributed by atoms with E-state index in [0.29, 0.717) is 23.1 Å². The van der Waals surface area contributed by atoms with Crippen LogP contribution in [0.15, 0.2) is 6.20 Å². The molecular weight excluding hydrogens is 214 g/mol. The predicted molar refractivity (Wildman–Crippen MR) is 58.1 cm³/mol. The second-order valence-electron chi connectivity index (χ2n) is 3.95. The zero-order valence-electron chi connectivity index (χ0n) is 8.66. The van der Waals surface area contributed by atoms with Crippen molar-refractivity contribution in [2.75, 3.05) is 13.1 Å². The molecule has 0 aliphatic carbocycles. The van der Waals surface area contributed by atoms with Crippen LogP contribution in [0.5, 0.6) is 0 Å². The first-order valence-corrected chi connectivity index (χ1v) is 5.47. The van der Waals surface area contributed by atoms with E-state index in [1.165, 1.54) is 6.20 Å². The summed E-state index contributed by atoms with van der Waals surface area (Å²) in [7, 11) is 1.74. The number of ketones is 1. The number of carbonyl (C=O) groups excluding carboxylic acids is 1. The molecule has 0 bridgehead atoms. The van der Waals surface area contributed by atoms with Crippen LogP contribution >= 0.6 is 11.6 Å². The van der Waals surface area contributed by atoms with E-state index in [2.05, 4.69) is 10.4 Å². The molecule has 1 saturated heterocycles. The number of carbonyl (C=O) groups is 1. The van der Waals surface area contributed by atoms with Gasteiger partial charge in [0.2, 0.25) is 0 Å². The van der Waals surface area contributed by atoms with Gasteiger partial charge >= 0.3 is 0 Å². The van der Waals surface area contributed by atoms with E-state index in [-0.39, 0.29) is 5.78 Å². The van der Waals surface area contributed by atoms with Crippen molar-refractivity contribution in [1.82, 2.24) is 15.1 Å². The zero-order chi connectivity index (χ0) is 10.8. The second kappa shape index (κ2) is 4.33. The average Bonchev–Trinajstić information content (AvgIpc) is 2.77. The largest absolute Gasteiger partial charge is 0.316 e. The summed E-state index contributed by atoms with van der Waals surface area (Å²) in [6.45, 7) is 1.94. The fourth-order valence-electron chi connectivity index (χ4n) is 1.97. The molecule has 1 fully saturated rings. The lowest BCUT2D eigenvalue weighted by molar-refractivity contribution is 0.0955. The molecule has 2 rings (SSSR count). The Morgan fingerprint density at radius 2 is 2.60 bits per heavy atom. The molecular formula is C10H14ClN3O. The molecule has 4 nitrogen and oxygen atoms in total. The van der Waals surface area contributed by atoms with Crippen molar-refractivity contribution in [3.8, 4) is 0 Å². The Kier molecular flexibility index (Phi) is 3.07. The van der Waals surface area contributed by atoms with Gasteiger partial charge in [-0.05, 0) is 25.4 Å². The van der Waals surface area contributed by atoms with Crippen molar-refractivity contribution in [2.24, 2.45) is 13.0 Å². The quantitative estimate of drug-likeness (QED) is 0.791. The van der Waals surface area contributed by atoms with E-state index in [4.69, 9.17) is 11.6 Å². The van der Waals surface area contributed by atoms with Gasteiger partial charge < -0.3 is 5.32 Å². The van der Waals surface area contributed by atoms with Crippen molar-refractivity contribution >= 4 is 17.4 Å². The van der Waals surface area contributed by atoms with E-state index in [9.17, 15) is 4.79 Å². The molecule has 1 aromatic heterocycles. The van der Waals surface area contributed by atoms with Crippen LogP contribution in [0.25, 0.3) is 0 Å². The number of hydrogen-bond donors (Lipinski definition) is 1. The summed E-state index contributed by atoms with van der Waals surface area (Å²) in [5.41, 5.74) is 0.531. The third-order valence-electron chi connectivity index (χ3n) is 2.79. The molecule has 15 heavy (non-hydrogen) atoms. The van der Waals surface area contributed by atoms with Gasteiger partial charge in [0.05, 0.1) is 11.2 Å². The van der Waals surface area contributed by atoms with Gasteiger partial charge in [0.1, 0.15) is 5.69 Å². The Morgan fingerprint density at radius 1 is 1.80 bits per heavy atom. The minimum atomic E-state index is 0.0914. The van der Waals surface area contributed by atoms with Crippen LogP contribution in [-0.4, -0.2) is 28.7 Å². The lowest BCUT2D eigenvalue weighted by atomic mass is 10.0. The minimum absolute atomic E-state index is 0.0914. The van der Waals surface area contributed by atoms with Crippen LogP contribution in [0.1, 0.15) is 23.3 Å². The fraction of sp³-hybridized carbons (Fsp3) is 0.600. The van der Waals surface area contributed by atoms with Crippen LogP contribution < -0.4 is 5.32 Å². The van der Waals surface area contributed by atoms with E-state index >= 15 is 0 Å². The molecule has 0 aromatic carbocycles. The Hall–Kier alpha value is -0.870. The van der Waals surface area contributed by atoms with Crippen LogP contribution in [0.2, 0.25) is 5.02 Å². The first kappa shape index (κ1) is 10.6. The summed E-state index contributed by atoms with van der Waals surface area (Å²) in [6, 6.07) is 0. The maximum Gasteiger partial charge on any atom is 0.182 e. The predicted octanol–water partition coefficient (Wildman–Crippen LogP) is 1.26. The van der Waals surface area contributed by atoms with Crippen LogP contribution in [0.4, 0.5) is 0 Å². The van der Waals surface area contributed by atoms with Crippen LogP contribution in [0, 0.1) is 5.92 Å². The monoisotopic (exact) mass is 227 g/mol. The molecule has 2 heterocycles. The molecule has 1 unspecified atom stereocenters. The summed E-state index contributed by atoms with van der Waals surface area (Å²) in [5, 5.41) is 7.66. The Balaban J connectivity index is 2.07. The summed E-state index contributed by atoms with van der Waals surface area (Å²) >= 11 is 5.91. The number of aryl methyl sites for hydroxylation is 1. The van der Waals surface area contributed by atoms with Gasteiger partial charge in [-0.1, -0.05) is 11.6 Å². The fourth-order valence-corrected chi connectivity index (χ4v) is 2.24. The Labute approximate surface area is 93.6 Å². The number of halogens is 1. The molecule has 0 spiro atoms. The second-order valence-corrected chi connectivity index (χ2v) is 4.36.